The third-order valence-corrected chi connectivity index (χ3v) is 4.03. The second kappa shape index (κ2) is 6.57. The molecular weight excluding hydrogens is 318 g/mol. The van der Waals surface area contributed by atoms with E-state index in [1.54, 1.807) is 31.2 Å². The molecule has 0 radical (unpaired) electrons. The number of hydrogen-bond acceptors (Lipinski definition) is 4. The largest absolute Gasteiger partial charge is 0.466 e. The molecule has 0 aliphatic rings. The molecule has 25 heavy (non-hydrogen) atoms. The fourth-order valence-electron chi connectivity index (χ4n) is 2.67. The fraction of sp³-hybridized carbons (Fsp3) is 0.263. The Morgan fingerprint density at radius 1 is 1.28 bits per heavy atom. The molecule has 0 saturated carbocycles. The lowest BCUT2D eigenvalue weighted by Crippen LogP contribution is -2.38. The molecule has 0 aliphatic heterocycles. The number of nitrogens with zero attached hydrogens (tertiary/aromatic N) is 2. The van der Waals surface area contributed by atoms with Crippen molar-refractivity contribution in [2.24, 2.45) is 0 Å². The molecule has 2 N–H and O–H groups in total. The van der Waals surface area contributed by atoms with Crippen LogP contribution in [-0.4, -0.2) is 27.3 Å². The Bertz CT molecular complexity index is 862. The Labute approximate surface area is 146 Å². The lowest BCUT2D eigenvalue weighted by atomic mass is 10.0. The van der Waals surface area contributed by atoms with Gasteiger partial charge >= 0.3 is 0 Å². The summed E-state index contributed by atoms with van der Waals surface area (Å²) >= 11 is 0. The van der Waals surface area contributed by atoms with Crippen LogP contribution < -0.4 is 5.32 Å². The number of aliphatic hydroxyl groups is 1. The van der Waals surface area contributed by atoms with E-state index in [9.17, 15) is 9.90 Å². The minimum atomic E-state index is -1.26. The number of carbonyl (C=O) groups excluding carboxylic acids is 1. The van der Waals surface area contributed by atoms with Crippen molar-refractivity contribution < 1.29 is 14.3 Å². The molecule has 0 saturated heterocycles. The topological polar surface area (TPSA) is 80.3 Å². The maximum Gasteiger partial charge on any atom is 0.251 e. The van der Waals surface area contributed by atoms with Gasteiger partial charge in [-0.05, 0) is 63.2 Å². The molecule has 0 bridgehead atoms. The SMILES string of the molecule is Cc1cc(C)n(-c2ccc(C(=O)NCC(C)(O)c3ccco3)cc2)n1. The van der Waals surface area contributed by atoms with E-state index in [1.807, 2.05) is 36.7 Å². The van der Waals surface area contributed by atoms with Gasteiger partial charge in [0.1, 0.15) is 11.4 Å². The molecule has 3 aromatic rings. The summed E-state index contributed by atoms with van der Waals surface area (Å²) in [4.78, 5) is 12.3. The van der Waals surface area contributed by atoms with Crippen LogP contribution in [0.3, 0.4) is 0 Å². The smallest absolute Gasteiger partial charge is 0.251 e. The van der Waals surface area contributed by atoms with Gasteiger partial charge in [-0.3, -0.25) is 4.79 Å². The van der Waals surface area contributed by atoms with Gasteiger partial charge in [-0.15, -0.1) is 0 Å². The van der Waals surface area contributed by atoms with Crippen LogP contribution in [0.25, 0.3) is 5.69 Å². The molecule has 6 heteroatoms. The molecule has 3 rings (SSSR count). The van der Waals surface area contributed by atoms with Crippen molar-refractivity contribution in [3.8, 4) is 5.69 Å². The van der Waals surface area contributed by atoms with Crippen LogP contribution in [0.4, 0.5) is 0 Å². The third kappa shape index (κ3) is 3.64. The van der Waals surface area contributed by atoms with Crippen LogP contribution in [0.1, 0.15) is 34.4 Å². The predicted octanol–water partition coefficient (Wildman–Crippen LogP) is 2.72. The molecule has 1 atom stereocenters. The van der Waals surface area contributed by atoms with Gasteiger partial charge in [0.25, 0.3) is 5.91 Å². The summed E-state index contributed by atoms with van der Waals surface area (Å²) < 4.78 is 7.04. The van der Waals surface area contributed by atoms with Crippen molar-refractivity contribution in [1.29, 1.82) is 0 Å². The summed E-state index contributed by atoms with van der Waals surface area (Å²) in [5.41, 5.74) is 2.12. The van der Waals surface area contributed by atoms with E-state index >= 15 is 0 Å². The van der Waals surface area contributed by atoms with Gasteiger partial charge in [0.05, 0.1) is 24.2 Å². The number of carbonyl (C=O) groups is 1. The average Bonchev–Trinajstić information content (AvgIpc) is 3.23. The molecule has 0 aliphatic carbocycles. The number of hydrogen-bond donors (Lipinski definition) is 2. The monoisotopic (exact) mass is 339 g/mol. The van der Waals surface area contributed by atoms with E-state index in [1.165, 1.54) is 6.26 Å². The lowest BCUT2D eigenvalue weighted by molar-refractivity contribution is 0.0330. The molecule has 0 fully saturated rings. The van der Waals surface area contributed by atoms with Crippen LogP contribution in [0.2, 0.25) is 0 Å². The van der Waals surface area contributed by atoms with Crippen LogP contribution >= 0.6 is 0 Å². The average molecular weight is 339 g/mol. The lowest BCUT2D eigenvalue weighted by Gasteiger charge is -2.21. The zero-order chi connectivity index (χ0) is 18.0. The first-order valence-corrected chi connectivity index (χ1v) is 8.05. The van der Waals surface area contributed by atoms with Crippen molar-refractivity contribution in [3.05, 3.63) is 71.4 Å². The minimum Gasteiger partial charge on any atom is -0.466 e. The van der Waals surface area contributed by atoms with Gasteiger partial charge in [-0.25, -0.2) is 4.68 Å². The Kier molecular flexibility index (Phi) is 4.46. The third-order valence-electron chi connectivity index (χ3n) is 4.03. The number of nitrogens with one attached hydrogen (secondary N) is 1. The van der Waals surface area contributed by atoms with Crippen molar-refractivity contribution in [1.82, 2.24) is 15.1 Å². The molecule has 1 unspecified atom stereocenters. The summed E-state index contributed by atoms with van der Waals surface area (Å²) in [5, 5.41) is 17.5. The Morgan fingerprint density at radius 3 is 2.56 bits per heavy atom. The van der Waals surface area contributed by atoms with Gasteiger partial charge < -0.3 is 14.8 Å². The first kappa shape index (κ1) is 17.0. The zero-order valence-corrected chi connectivity index (χ0v) is 14.5. The van der Waals surface area contributed by atoms with Gasteiger partial charge in [-0.1, -0.05) is 0 Å². The number of aromatic nitrogens is 2. The van der Waals surface area contributed by atoms with E-state index in [0.717, 1.165) is 17.1 Å². The van der Waals surface area contributed by atoms with E-state index in [-0.39, 0.29) is 12.5 Å². The molecule has 2 heterocycles. The highest BCUT2D eigenvalue weighted by Gasteiger charge is 2.26. The molecule has 2 aromatic heterocycles. The number of benzene rings is 1. The maximum atomic E-state index is 12.3. The van der Waals surface area contributed by atoms with Gasteiger partial charge in [0.15, 0.2) is 0 Å². The second-order valence-corrected chi connectivity index (χ2v) is 6.32. The fourth-order valence-corrected chi connectivity index (χ4v) is 2.67. The van der Waals surface area contributed by atoms with Crippen LogP contribution in [0.15, 0.2) is 53.1 Å². The van der Waals surface area contributed by atoms with E-state index in [4.69, 9.17) is 4.42 Å². The van der Waals surface area contributed by atoms with Crippen molar-refractivity contribution >= 4 is 5.91 Å². The van der Waals surface area contributed by atoms with Crippen LogP contribution in [0, 0.1) is 13.8 Å². The molecule has 1 amide bonds. The molecule has 1 aromatic carbocycles. The highest BCUT2D eigenvalue weighted by molar-refractivity contribution is 5.94. The molecule has 0 spiro atoms. The Balaban J connectivity index is 1.68. The van der Waals surface area contributed by atoms with Gasteiger partial charge in [0.2, 0.25) is 0 Å². The van der Waals surface area contributed by atoms with E-state index < -0.39 is 5.60 Å². The number of rotatable bonds is 5. The summed E-state index contributed by atoms with van der Waals surface area (Å²) in [6, 6.07) is 12.5. The van der Waals surface area contributed by atoms with E-state index in [2.05, 4.69) is 10.4 Å². The van der Waals surface area contributed by atoms with E-state index in [0.29, 0.717) is 11.3 Å². The van der Waals surface area contributed by atoms with Gasteiger partial charge in [-0.2, -0.15) is 5.10 Å². The first-order valence-electron chi connectivity index (χ1n) is 8.05. The quantitative estimate of drug-likeness (QED) is 0.749. The Morgan fingerprint density at radius 2 is 2.00 bits per heavy atom. The number of furan rings is 1. The van der Waals surface area contributed by atoms with Crippen molar-refractivity contribution in [3.63, 3.8) is 0 Å². The second-order valence-electron chi connectivity index (χ2n) is 6.32. The van der Waals surface area contributed by atoms with Crippen LogP contribution in [-0.2, 0) is 5.60 Å². The highest BCUT2D eigenvalue weighted by Crippen LogP contribution is 2.20. The highest BCUT2D eigenvalue weighted by atomic mass is 16.4. The Hall–Kier alpha value is -2.86. The molecule has 130 valence electrons. The van der Waals surface area contributed by atoms with Crippen molar-refractivity contribution in [2.45, 2.75) is 26.4 Å². The zero-order valence-electron chi connectivity index (χ0n) is 14.5. The number of aryl methyl sites for hydroxylation is 2. The maximum absolute atomic E-state index is 12.3. The van der Waals surface area contributed by atoms with Crippen LogP contribution in [0.5, 0.6) is 0 Å². The summed E-state index contributed by atoms with van der Waals surface area (Å²) in [6.45, 7) is 5.57. The molecule has 6 nitrogen and oxygen atoms in total. The summed E-state index contributed by atoms with van der Waals surface area (Å²) in [6.07, 6.45) is 1.49. The van der Waals surface area contributed by atoms with Gasteiger partial charge in [0, 0.05) is 11.3 Å². The summed E-state index contributed by atoms with van der Waals surface area (Å²) in [5.74, 6) is 0.152. The molecular formula is C19H21N3O3. The number of amides is 1. The normalized spacial score (nSPS) is 13.4. The minimum absolute atomic E-state index is 0.0541. The first-order chi connectivity index (χ1) is 11.9. The predicted molar refractivity (Wildman–Crippen MR) is 93.7 cm³/mol. The van der Waals surface area contributed by atoms with Crippen molar-refractivity contribution in [2.75, 3.05) is 6.54 Å². The summed E-state index contributed by atoms with van der Waals surface area (Å²) in [7, 11) is 0. The standard InChI is InChI=1S/C19H21N3O3/c1-13-11-14(2)22(21-13)16-8-6-15(7-9-16)18(23)20-12-19(3,24)17-5-4-10-25-17/h4-11,24H,12H2,1-3H3,(H,20,23).